The van der Waals surface area contributed by atoms with E-state index < -0.39 is 12.1 Å². The van der Waals surface area contributed by atoms with Crippen LogP contribution in [0.5, 0.6) is 5.75 Å². The Bertz CT molecular complexity index is 990. The van der Waals surface area contributed by atoms with E-state index in [1.54, 1.807) is 36.5 Å². The van der Waals surface area contributed by atoms with Crippen LogP contribution in [0, 0.1) is 5.92 Å². The molecule has 2 atom stereocenters. The SMILES string of the molecule is CC(C)CC(C(=O)Nc1ccn(C[C@@H](O)CO)n1)N1CC(Oc2ccccc2Cl)=CC1=O. The number of aromatic nitrogens is 2. The summed E-state index contributed by atoms with van der Waals surface area (Å²) in [4.78, 5) is 27.2. The molecule has 0 aliphatic carbocycles. The van der Waals surface area contributed by atoms with E-state index in [4.69, 9.17) is 21.4 Å². The Morgan fingerprint density at radius 2 is 2.06 bits per heavy atom. The van der Waals surface area contributed by atoms with Crippen molar-refractivity contribution in [3.05, 3.63) is 53.4 Å². The number of carbonyl (C=O) groups is 2. The lowest BCUT2D eigenvalue weighted by atomic mass is 10.0. The van der Waals surface area contributed by atoms with Crippen LogP contribution >= 0.6 is 11.6 Å². The molecule has 3 N–H and O–H groups in total. The molecule has 1 aliphatic heterocycles. The van der Waals surface area contributed by atoms with Gasteiger partial charge < -0.3 is 25.2 Å². The molecule has 1 unspecified atom stereocenters. The lowest BCUT2D eigenvalue weighted by molar-refractivity contribution is -0.133. The molecular formula is C22H27ClN4O5. The first-order valence-corrected chi connectivity index (χ1v) is 10.7. The first-order valence-electron chi connectivity index (χ1n) is 10.3. The van der Waals surface area contributed by atoms with E-state index in [0.29, 0.717) is 28.8 Å². The number of amides is 2. The minimum absolute atomic E-state index is 0.0963. The lowest BCUT2D eigenvalue weighted by Crippen LogP contribution is -2.46. The zero-order valence-electron chi connectivity index (χ0n) is 17.9. The average molecular weight is 463 g/mol. The molecule has 0 bridgehead atoms. The van der Waals surface area contributed by atoms with E-state index in [1.165, 1.54) is 15.7 Å². The van der Waals surface area contributed by atoms with Crippen LogP contribution < -0.4 is 10.1 Å². The first-order chi connectivity index (χ1) is 15.3. The largest absolute Gasteiger partial charge is 0.458 e. The fraction of sp³-hybridized carbons (Fsp3) is 0.409. The van der Waals surface area contributed by atoms with Crippen molar-refractivity contribution in [1.29, 1.82) is 0 Å². The van der Waals surface area contributed by atoms with Gasteiger partial charge in [-0.15, -0.1) is 0 Å². The van der Waals surface area contributed by atoms with E-state index in [9.17, 15) is 14.7 Å². The number of hydrogen-bond acceptors (Lipinski definition) is 6. The molecule has 2 aromatic rings. The van der Waals surface area contributed by atoms with Gasteiger partial charge in [0.1, 0.15) is 17.6 Å². The predicted molar refractivity (Wildman–Crippen MR) is 119 cm³/mol. The molecular weight excluding hydrogens is 436 g/mol. The van der Waals surface area contributed by atoms with Gasteiger partial charge in [-0.2, -0.15) is 5.10 Å². The number of ether oxygens (including phenoxy) is 1. The summed E-state index contributed by atoms with van der Waals surface area (Å²) in [6.07, 6.45) is 2.46. The van der Waals surface area contributed by atoms with Gasteiger partial charge in [0, 0.05) is 18.3 Å². The third-order valence-electron chi connectivity index (χ3n) is 4.85. The standard InChI is InChI=1S/C22H27ClN4O5/c1-14(2)9-18(22(31)24-20-7-8-26(25-20)11-15(29)13-28)27-12-16(10-21(27)30)32-19-6-4-3-5-17(19)23/h3-8,10,14-15,18,28-29H,9,11-13H2,1-2H3,(H,24,25,31)/t15-,18?/m1/s1. The highest BCUT2D eigenvalue weighted by atomic mass is 35.5. The normalized spacial score (nSPS) is 15.6. The molecule has 3 rings (SSSR count). The highest BCUT2D eigenvalue weighted by Crippen LogP contribution is 2.28. The summed E-state index contributed by atoms with van der Waals surface area (Å²) < 4.78 is 7.21. The first kappa shape index (κ1) is 23.8. The van der Waals surface area contributed by atoms with Crippen LogP contribution in [0.3, 0.4) is 0 Å². The van der Waals surface area contributed by atoms with Crippen molar-refractivity contribution in [1.82, 2.24) is 14.7 Å². The van der Waals surface area contributed by atoms with Crippen molar-refractivity contribution in [2.24, 2.45) is 5.92 Å². The van der Waals surface area contributed by atoms with Crippen molar-refractivity contribution in [3.8, 4) is 5.75 Å². The monoisotopic (exact) mass is 462 g/mol. The molecule has 2 heterocycles. The highest BCUT2D eigenvalue weighted by molar-refractivity contribution is 6.32. The van der Waals surface area contributed by atoms with Gasteiger partial charge in [0.05, 0.1) is 30.8 Å². The molecule has 0 saturated carbocycles. The van der Waals surface area contributed by atoms with Crippen molar-refractivity contribution >= 4 is 29.2 Å². The topological polar surface area (TPSA) is 117 Å². The van der Waals surface area contributed by atoms with Gasteiger partial charge in [0.25, 0.3) is 5.91 Å². The van der Waals surface area contributed by atoms with Gasteiger partial charge in [0.15, 0.2) is 5.82 Å². The molecule has 0 spiro atoms. The van der Waals surface area contributed by atoms with Crippen LogP contribution in [0.4, 0.5) is 5.82 Å². The van der Waals surface area contributed by atoms with Crippen molar-refractivity contribution < 1.29 is 24.5 Å². The maximum absolute atomic E-state index is 13.1. The Morgan fingerprint density at radius 1 is 1.31 bits per heavy atom. The summed E-state index contributed by atoms with van der Waals surface area (Å²) >= 11 is 6.14. The van der Waals surface area contributed by atoms with Crippen LogP contribution in [0.1, 0.15) is 20.3 Å². The number of carbonyl (C=O) groups excluding carboxylic acids is 2. The molecule has 0 fully saturated rings. The number of rotatable bonds is 10. The Kier molecular flexibility index (Phi) is 7.89. The van der Waals surface area contributed by atoms with Crippen molar-refractivity contribution in [3.63, 3.8) is 0 Å². The molecule has 172 valence electrons. The number of halogens is 1. The van der Waals surface area contributed by atoms with Crippen LogP contribution in [0.15, 0.2) is 48.4 Å². The Labute approximate surface area is 191 Å². The summed E-state index contributed by atoms with van der Waals surface area (Å²) in [5.74, 6) is 0.615. The van der Waals surface area contributed by atoms with E-state index in [0.717, 1.165) is 0 Å². The number of nitrogens with one attached hydrogen (secondary N) is 1. The van der Waals surface area contributed by atoms with Gasteiger partial charge in [-0.05, 0) is 24.5 Å². The Morgan fingerprint density at radius 3 is 2.75 bits per heavy atom. The number of benzene rings is 1. The van der Waals surface area contributed by atoms with E-state index in [1.807, 2.05) is 13.8 Å². The van der Waals surface area contributed by atoms with Crippen LogP contribution in [0.2, 0.25) is 5.02 Å². The third-order valence-corrected chi connectivity index (χ3v) is 5.16. The molecule has 1 aromatic carbocycles. The summed E-state index contributed by atoms with van der Waals surface area (Å²) in [6.45, 7) is 3.80. The average Bonchev–Trinajstić information content (AvgIpc) is 3.33. The minimum atomic E-state index is -0.947. The number of para-hydroxylation sites is 1. The maximum atomic E-state index is 13.1. The molecule has 10 heteroatoms. The maximum Gasteiger partial charge on any atom is 0.251 e. The van der Waals surface area contributed by atoms with Gasteiger partial charge >= 0.3 is 0 Å². The van der Waals surface area contributed by atoms with Crippen LogP contribution in [0.25, 0.3) is 0 Å². The number of aliphatic hydroxyl groups is 2. The molecule has 9 nitrogen and oxygen atoms in total. The van der Waals surface area contributed by atoms with Crippen molar-refractivity contribution in [2.45, 2.75) is 39.0 Å². The molecule has 1 aliphatic rings. The highest BCUT2D eigenvalue weighted by Gasteiger charge is 2.35. The van der Waals surface area contributed by atoms with Gasteiger partial charge in [-0.25, -0.2) is 0 Å². The summed E-state index contributed by atoms with van der Waals surface area (Å²) in [5.41, 5.74) is 0. The quantitative estimate of drug-likeness (QED) is 0.497. The fourth-order valence-corrected chi connectivity index (χ4v) is 3.52. The zero-order chi connectivity index (χ0) is 23.3. The molecule has 0 radical (unpaired) electrons. The predicted octanol–water partition coefficient (Wildman–Crippen LogP) is 2.05. The van der Waals surface area contributed by atoms with E-state index >= 15 is 0 Å². The summed E-state index contributed by atoms with van der Waals surface area (Å²) in [6, 6.07) is 7.83. The van der Waals surface area contributed by atoms with E-state index in [2.05, 4.69) is 10.4 Å². The second kappa shape index (κ2) is 10.6. The smallest absolute Gasteiger partial charge is 0.251 e. The number of hydrogen-bond donors (Lipinski definition) is 3. The summed E-state index contributed by atoms with van der Waals surface area (Å²) in [5, 5.41) is 25.9. The van der Waals surface area contributed by atoms with E-state index in [-0.39, 0.29) is 37.4 Å². The summed E-state index contributed by atoms with van der Waals surface area (Å²) in [7, 11) is 0. The second-order valence-electron chi connectivity index (χ2n) is 8.00. The Balaban J connectivity index is 1.69. The van der Waals surface area contributed by atoms with Crippen LogP contribution in [-0.4, -0.2) is 62.0 Å². The molecule has 0 saturated heterocycles. The number of anilines is 1. The molecule has 32 heavy (non-hydrogen) atoms. The second-order valence-corrected chi connectivity index (χ2v) is 8.41. The van der Waals surface area contributed by atoms with Crippen molar-refractivity contribution in [2.75, 3.05) is 18.5 Å². The fourth-order valence-electron chi connectivity index (χ4n) is 3.34. The third kappa shape index (κ3) is 6.09. The lowest BCUT2D eigenvalue weighted by Gasteiger charge is -2.28. The number of nitrogens with zero attached hydrogens (tertiary/aromatic N) is 3. The van der Waals surface area contributed by atoms with Crippen LogP contribution in [-0.2, 0) is 16.1 Å². The number of aliphatic hydroxyl groups excluding tert-OH is 2. The molecule has 2 amide bonds. The van der Waals surface area contributed by atoms with Gasteiger partial charge in [0.2, 0.25) is 5.91 Å². The zero-order valence-corrected chi connectivity index (χ0v) is 18.7. The minimum Gasteiger partial charge on any atom is -0.458 e. The molecule has 1 aromatic heterocycles. The van der Waals surface area contributed by atoms with Gasteiger partial charge in [-0.1, -0.05) is 37.6 Å². The van der Waals surface area contributed by atoms with Gasteiger partial charge in [-0.3, -0.25) is 14.3 Å². The Hall–Kier alpha value is -2.88.